The lowest BCUT2D eigenvalue weighted by atomic mass is 9.79. The van der Waals surface area contributed by atoms with E-state index in [-0.39, 0.29) is 5.92 Å². The first-order valence-corrected chi connectivity index (χ1v) is 13.0. The molecule has 170 valence electrons. The van der Waals surface area contributed by atoms with Gasteiger partial charge in [-0.15, -0.1) is 0 Å². The molecule has 2 atom stereocenters. The molecule has 31 heavy (non-hydrogen) atoms. The van der Waals surface area contributed by atoms with Crippen molar-refractivity contribution in [2.75, 3.05) is 31.1 Å². The molecule has 3 heterocycles. The van der Waals surface area contributed by atoms with Crippen LogP contribution in [0.3, 0.4) is 0 Å². The molecule has 4 aliphatic rings. The average molecular weight is 424 g/mol. The summed E-state index contributed by atoms with van der Waals surface area (Å²) in [5.41, 5.74) is 2.49. The third kappa shape index (κ3) is 4.30. The number of anilines is 1. The highest BCUT2D eigenvalue weighted by Gasteiger charge is 2.42. The zero-order valence-corrected chi connectivity index (χ0v) is 19.6. The van der Waals surface area contributed by atoms with E-state index in [1.807, 2.05) is 0 Å². The minimum Gasteiger partial charge on any atom is -0.316 e. The average Bonchev–Trinajstić information content (AvgIpc) is 3.41. The Kier molecular flexibility index (Phi) is 6.39. The van der Waals surface area contributed by atoms with E-state index in [1.165, 1.54) is 43.4 Å². The Hall–Kier alpha value is -1.39. The number of rotatable bonds is 5. The van der Waals surface area contributed by atoms with E-state index in [0.717, 1.165) is 63.3 Å². The lowest BCUT2D eigenvalue weighted by molar-refractivity contribution is -0.120. The monoisotopic (exact) mass is 423 g/mol. The standard InChI is InChI=1S/C27H41N3O/c1-19(2)21-7-9-22(10-8-21)29-15-12-23(13-16-29)30-26-6-4-3-5-24(26)25(27(30)31)17-20-11-14-28-18-20/h3-6,19-23,25,28H,7-18H2,1-2H3/t20?,21-,22+,25?. The van der Waals surface area contributed by atoms with Gasteiger partial charge in [-0.2, -0.15) is 0 Å². The summed E-state index contributed by atoms with van der Waals surface area (Å²) in [6.07, 6.45) is 10.0. The van der Waals surface area contributed by atoms with Crippen LogP contribution in [0.5, 0.6) is 0 Å². The summed E-state index contributed by atoms with van der Waals surface area (Å²) in [4.78, 5) is 18.6. The van der Waals surface area contributed by atoms with Crippen LogP contribution in [0, 0.1) is 17.8 Å². The van der Waals surface area contributed by atoms with Crippen LogP contribution in [0.2, 0.25) is 0 Å². The molecule has 1 aromatic carbocycles. The zero-order valence-electron chi connectivity index (χ0n) is 19.6. The highest BCUT2D eigenvalue weighted by molar-refractivity contribution is 6.05. The molecule has 2 saturated heterocycles. The van der Waals surface area contributed by atoms with Crippen LogP contribution in [-0.2, 0) is 4.79 Å². The molecule has 0 bridgehead atoms. The van der Waals surface area contributed by atoms with Crippen LogP contribution in [0.15, 0.2) is 24.3 Å². The lowest BCUT2D eigenvalue weighted by Gasteiger charge is -2.43. The van der Waals surface area contributed by atoms with Crippen molar-refractivity contribution in [3.8, 4) is 0 Å². The zero-order chi connectivity index (χ0) is 21.4. The van der Waals surface area contributed by atoms with Crippen molar-refractivity contribution in [3.05, 3.63) is 29.8 Å². The predicted octanol–water partition coefficient (Wildman–Crippen LogP) is 4.80. The van der Waals surface area contributed by atoms with E-state index in [2.05, 4.69) is 53.2 Å². The first-order chi connectivity index (χ1) is 15.1. The first kappa shape index (κ1) is 21.5. The molecule has 0 spiro atoms. The van der Waals surface area contributed by atoms with Crippen molar-refractivity contribution >= 4 is 11.6 Å². The maximum Gasteiger partial charge on any atom is 0.234 e. The van der Waals surface area contributed by atoms with E-state index in [1.54, 1.807) is 0 Å². The third-order valence-electron chi connectivity index (χ3n) is 8.90. The SMILES string of the molecule is CC(C)[C@H]1CC[C@@H](N2CCC(N3C(=O)C(CC4CCNC4)c4ccccc43)CC2)CC1. The number of amides is 1. The smallest absolute Gasteiger partial charge is 0.234 e. The fourth-order valence-electron chi connectivity index (χ4n) is 6.92. The minimum atomic E-state index is 0.0745. The molecule has 1 aliphatic carbocycles. The van der Waals surface area contributed by atoms with Crippen molar-refractivity contribution in [3.63, 3.8) is 0 Å². The molecule has 3 fully saturated rings. The van der Waals surface area contributed by atoms with Crippen LogP contribution in [-0.4, -0.2) is 49.1 Å². The number of carbonyl (C=O) groups excluding carboxylic acids is 1. The molecule has 1 saturated carbocycles. The summed E-state index contributed by atoms with van der Waals surface area (Å²) < 4.78 is 0. The maximum absolute atomic E-state index is 13.6. The molecule has 1 aromatic rings. The van der Waals surface area contributed by atoms with Gasteiger partial charge in [0.25, 0.3) is 0 Å². The molecule has 3 aliphatic heterocycles. The largest absolute Gasteiger partial charge is 0.316 e. The molecular weight excluding hydrogens is 382 g/mol. The summed E-state index contributed by atoms with van der Waals surface area (Å²) in [7, 11) is 0. The Bertz CT molecular complexity index is 755. The number of hydrogen-bond acceptors (Lipinski definition) is 3. The van der Waals surface area contributed by atoms with E-state index < -0.39 is 0 Å². The summed E-state index contributed by atoms with van der Waals surface area (Å²) >= 11 is 0. The summed E-state index contributed by atoms with van der Waals surface area (Å²) in [5.74, 6) is 2.86. The molecule has 5 rings (SSSR count). The van der Waals surface area contributed by atoms with Crippen LogP contribution in [0.25, 0.3) is 0 Å². The number of nitrogens with one attached hydrogen (secondary N) is 1. The van der Waals surface area contributed by atoms with Crippen LogP contribution < -0.4 is 10.2 Å². The van der Waals surface area contributed by atoms with Crippen molar-refractivity contribution in [1.29, 1.82) is 0 Å². The molecule has 4 heteroatoms. The van der Waals surface area contributed by atoms with Crippen LogP contribution in [0.4, 0.5) is 5.69 Å². The van der Waals surface area contributed by atoms with Gasteiger partial charge in [0.05, 0.1) is 5.92 Å². The highest BCUT2D eigenvalue weighted by Crippen LogP contribution is 2.44. The normalized spacial score (nSPS) is 32.7. The number of benzene rings is 1. The van der Waals surface area contributed by atoms with Gasteiger partial charge in [-0.25, -0.2) is 0 Å². The molecule has 2 unspecified atom stereocenters. The molecule has 0 radical (unpaired) electrons. The first-order valence-electron chi connectivity index (χ1n) is 13.0. The molecule has 1 amide bonds. The fourth-order valence-corrected chi connectivity index (χ4v) is 6.92. The van der Waals surface area contributed by atoms with Gasteiger partial charge >= 0.3 is 0 Å². The predicted molar refractivity (Wildman–Crippen MR) is 127 cm³/mol. The third-order valence-corrected chi connectivity index (χ3v) is 8.90. The second-order valence-electron chi connectivity index (χ2n) is 11.0. The van der Waals surface area contributed by atoms with Gasteiger partial charge in [0.1, 0.15) is 0 Å². The summed E-state index contributed by atoms with van der Waals surface area (Å²) in [6.45, 7) is 9.27. The number of carbonyl (C=O) groups is 1. The summed E-state index contributed by atoms with van der Waals surface area (Å²) in [6, 6.07) is 9.79. The van der Waals surface area contributed by atoms with E-state index in [0.29, 0.717) is 17.9 Å². The van der Waals surface area contributed by atoms with Crippen molar-refractivity contribution in [1.82, 2.24) is 10.2 Å². The molecular formula is C27H41N3O. The Labute approximate surface area is 188 Å². The molecule has 1 N–H and O–H groups in total. The quantitative estimate of drug-likeness (QED) is 0.739. The van der Waals surface area contributed by atoms with Crippen molar-refractivity contribution in [2.24, 2.45) is 17.8 Å². The second kappa shape index (κ2) is 9.23. The van der Waals surface area contributed by atoms with Gasteiger partial charge in [0, 0.05) is 30.9 Å². The topological polar surface area (TPSA) is 35.6 Å². The van der Waals surface area contributed by atoms with Gasteiger partial charge in [-0.3, -0.25) is 4.79 Å². The van der Waals surface area contributed by atoms with Crippen molar-refractivity contribution < 1.29 is 4.79 Å². The Balaban J connectivity index is 1.22. The van der Waals surface area contributed by atoms with E-state index in [9.17, 15) is 4.79 Å². The highest BCUT2D eigenvalue weighted by atomic mass is 16.2. The lowest BCUT2D eigenvalue weighted by Crippen LogP contribution is -2.50. The number of nitrogens with zero attached hydrogens (tertiary/aromatic N) is 2. The Morgan fingerprint density at radius 2 is 1.71 bits per heavy atom. The number of hydrogen-bond donors (Lipinski definition) is 1. The van der Waals surface area contributed by atoms with Gasteiger partial charge in [-0.05, 0) is 93.8 Å². The van der Waals surface area contributed by atoms with Gasteiger partial charge in [-0.1, -0.05) is 32.0 Å². The van der Waals surface area contributed by atoms with E-state index >= 15 is 0 Å². The summed E-state index contributed by atoms with van der Waals surface area (Å²) in [5, 5.41) is 3.47. The van der Waals surface area contributed by atoms with Gasteiger partial charge < -0.3 is 15.1 Å². The second-order valence-corrected chi connectivity index (χ2v) is 11.0. The number of piperidine rings is 1. The minimum absolute atomic E-state index is 0.0745. The van der Waals surface area contributed by atoms with E-state index in [4.69, 9.17) is 0 Å². The van der Waals surface area contributed by atoms with Gasteiger partial charge in [0.2, 0.25) is 5.91 Å². The molecule has 4 nitrogen and oxygen atoms in total. The van der Waals surface area contributed by atoms with Crippen molar-refractivity contribution in [2.45, 2.75) is 83.2 Å². The maximum atomic E-state index is 13.6. The Morgan fingerprint density at radius 3 is 2.39 bits per heavy atom. The van der Waals surface area contributed by atoms with Crippen LogP contribution in [0.1, 0.15) is 76.7 Å². The Morgan fingerprint density at radius 1 is 0.968 bits per heavy atom. The number of para-hydroxylation sites is 1. The number of fused-ring (bicyclic) bond motifs is 1. The van der Waals surface area contributed by atoms with Gasteiger partial charge in [0.15, 0.2) is 0 Å². The number of likely N-dealkylation sites (tertiary alicyclic amines) is 1. The molecule has 0 aromatic heterocycles. The van der Waals surface area contributed by atoms with Crippen LogP contribution >= 0.6 is 0 Å². The fraction of sp³-hybridized carbons (Fsp3) is 0.741.